The summed E-state index contributed by atoms with van der Waals surface area (Å²) in [5.41, 5.74) is 1.11. The average molecular weight is 396 g/mol. The number of ether oxygens (including phenoxy) is 2. The van der Waals surface area contributed by atoms with Crippen LogP contribution in [-0.2, 0) is 11.2 Å². The van der Waals surface area contributed by atoms with Gasteiger partial charge in [-0.2, -0.15) is 0 Å². The summed E-state index contributed by atoms with van der Waals surface area (Å²) in [5, 5.41) is 9.11. The number of carboxylic acid groups (broad SMARTS) is 1. The Morgan fingerprint density at radius 3 is 2.38 bits per heavy atom. The molecule has 3 rings (SSSR count). The third-order valence-electron chi connectivity index (χ3n) is 4.22. The number of aromatic nitrogens is 2. The Kier molecular flexibility index (Phi) is 6.07. The highest BCUT2D eigenvalue weighted by Gasteiger charge is 2.29. The molecular weight excluding hydrogens is 375 g/mol. The van der Waals surface area contributed by atoms with E-state index in [0.29, 0.717) is 29.9 Å². The standard InChI is InChI=1S/C22H21FN2O4/c1-22(2,20(26)27)29-19-8-6-15(7-9-19)10-11-28-21-24-13-17(14-25-21)16-4-3-5-18(23)12-16/h3-9,12-14H,10-11H2,1-2H3,(H,26,27). The van der Waals surface area contributed by atoms with Crippen LogP contribution in [0.5, 0.6) is 11.8 Å². The molecule has 1 N–H and O–H groups in total. The van der Waals surface area contributed by atoms with Crippen molar-refractivity contribution < 1.29 is 23.8 Å². The molecule has 2 aromatic carbocycles. The molecule has 0 saturated heterocycles. The highest BCUT2D eigenvalue weighted by atomic mass is 19.1. The molecule has 0 aliphatic rings. The van der Waals surface area contributed by atoms with E-state index in [1.54, 1.807) is 36.7 Å². The molecule has 0 radical (unpaired) electrons. The Labute approximate surface area is 168 Å². The molecule has 1 heterocycles. The number of hydrogen-bond donors (Lipinski definition) is 1. The van der Waals surface area contributed by atoms with Crippen LogP contribution in [0.15, 0.2) is 60.9 Å². The van der Waals surface area contributed by atoms with Crippen LogP contribution < -0.4 is 9.47 Å². The van der Waals surface area contributed by atoms with E-state index in [1.807, 2.05) is 12.1 Å². The minimum Gasteiger partial charge on any atom is -0.478 e. The number of benzene rings is 2. The van der Waals surface area contributed by atoms with Gasteiger partial charge in [0, 0.05) is 24.4 Å². The van der Waals surface area contributed by atoms with Crippen molar-refractivity contribution in [2.45, 2.75) is 25.9 Å². The van der Waals surface area contributed by atoms with E-state index >= 15 is 0 Å². The minimum absolute atomic E-state index is 0.244. The van der Waals surface area contributed by atoms with Crippen molar-refractivity contribution in [1.82, 2.24) is 9.97 Å². The highest BCUT2D eigenvalue weighted by molar-refractivity contribution is 5.76. The van der Waals surface area contributed by atoms with Crippen LogP contribution in [0.25, 0.3) is 11.1 Å². The summed E-state index contributed by atoms with van der Waals surface area (Å²) < 4.78 is 24.3. The fourth-order valence-corrected chi connectivity index (χ4v) is 2.53. The SMILES string of the molecule is CC(C)(Oc1ccc(CCOc2ncc(-c3cccc(F)c3)cn2)cc1)C(=O)O. The molecule has 0 unspecified atom stereocenters. The van der Waals surface area contributed by atoms with Gasteiger partial charge in [-0.05, 0) is 49.2 Å². The maximum Gasteiger partial charge on any atom is 0.347 e. The quantitative estimate of drug-likeness (QED) is 0.616. The predicted octanol–water partition coefficient (Wildman–Crippen LogP) is 4.15. The largest absolute Gasteiger partial charge is 0.478 e. The van der Waals surface area contributed by atoms with Gasteiger partial charge in [-0.1, -0.05) is 24.3 Å². The molecule has 3 aromatic rings. The average Bonchev–Trinajstić information content (AvgIpc) is 2.69. The maximum atomic E-state index is 13.3. The zero-order valence-electron chi connectivity index (χ0n) is 16.1. The van der Waals surface area contributed by atoms with Crippen LogP contribution in [0.1, 0.15) is 19.4 Å². The van der Waals surface area contributed by atoms with Crippen LogP contribution in [0.2, 0.25) is 0 Å². The summed E-state index contributed by atoms with van der Waals surface area (Å²) in [6.45, 7) is 3.37. The Balaban J connectivity index is 1.51. The van der Waals surface area contributed by atoms with Crippen molar-refractivity contribution in [2.75, 3.05) is 6.61 Å². The second-order valence-corrected chi connectivity index (χ2v) is 6.92. The third kappa shape index (κ3) is 5.51. The Morgan fingerprint density at radius 2 is 1.76 bits per heavy atom. The van der Waals surface area contributed by atoms with E-state index in [2.05, 4.69) is 9.97 Å². The summed E-state index contributed by atoms with van der Waals surface area (Å²) in [7, 11) is 0. The van der Waals surface area contributed by atoms with Gasteiger partial charge in [0.05, 0.1) is 6.61 Å². The zero-order valence-corrected chi connectivity index (χ0v) is 16.1. The molecule has 0 amide bonds. The molecule has 0 atom stereocenters. The first-order chi connectivity index (χ1) is 13.8. The number of halogens is 1. The van der Waals surface area contributed by atoms with Crippen molar-refractivity contribution in [3.63, 3.8) is 0 Å². The van der Waals surface area contributed by atoms with Crippen molar-refractivity contribution in [3.05, 3.63) is 72.3 Å². The Bertz CT molecular complexity index is 973. The summed E-state index contributed by atoms with van der Waals surface area (Å²) in [6, 6.07) is 13.6. The normalized spacial score (nSPS) is 11.1. The van der Waals surface area contributed by atoms with Gasteiger partial charge in [0.2, 0.25) is 0 Å². The van der Waals surface area contributed by atoms with Gasteiger partial charge in [-0.3, -0.25) is 0 Å². The lowest BCUT2D eigenvalue weighted by Crippen LogP contribution is -2.37. The van der Waals surface area contributed by atoms with Crippen LogP contribution in [0.3, 0.4) is 0 Å². The van der Waals surface area contributed by atoms with E-state index in [0.717, 1.165) is 5.56 Å². The molecule has 0 fully saturated rings. The molecule has 0 saturated carbocycles. The van der Waals surface area contributed by atoms with E-state index in [4.69, 9.17) is 14.6 Å². The van der Waals surface area contributed by atoms with Crippen molar-refractivity contribution in [1.29, 1.82) is 0 Å². The fraction of sp³-hybridized carbons (Fsp3) is 0.227. The minimum atomic E-state index is -1.29. The Morgan fingerprint density at radius 1 is 1.07 bits per heavy atom. The zero-order chi connectivity index (χ0) is 20.9. The number of nitrogens with zero attached hydrogens (tertiary/aromatic N) is 2. The summed E-state index contributed by atoms with van der Waals surface area (Å²) in [4.78, 5) is 19.4. The first-order valence-electron chi connectivity index (χ1n) is 9.06. The smallest absolute Gasteiger partial charge is 0.347 e. The Hall–Kier alpha value is -3.48. The lowest BCUT2D eigenvalue weighted by molar-refractivity contribution is -0.152. The highest BCUT2D eigenvalue weighted by Crippen LogP contribution is 2.21. The van der Waals surface area contributed by atoms with Crippen LogP contribution in [0, 0.1) is 5.82 Å². The molecule has 6 nitrogen and oxygen atoms in total. The van der Waals surface area contributed by atoms with Crippen molar-refractivity contribution >= 4 is 5.97 Å². The molecule has 7 heteroatoms. The molecule has 1 aromatic heterocycles. The molecule has 29 heavy (non-hydrogen) atoms. The molecule has 0 bridgehead atoms. The molecule has 0 aliphatic carbocycles. The van der Waals surface area contributed by atoms with Gasteiger partial charge >= 0.3 is 12.0 Å². The maximum absolute atomic E-state index is 13.3. The van der Waals surface area contributed by atoms with E-state index in [9.17, 15) is 9.18 Å². The first-order valence-corrected chi connectivity index (χ1v) is 9.06. The number of hydrogen-bond acceptors (Lipinski definition) is 5. The van der Waals surface area contributed by atoms with Crippen LogP contribution in [-0.4, -0.2) is 33.3 Å². The first kappa shape index (κ1) is 20.3. The van der Waals surface area contributed by atoms with Crippen molar-refractivity contribution in [2.24, 2.45) is 0 Å². The second kappa shape index (κ2) is 8.68. The lowest BCUT2D eigenvalue weighted by Gasteiger charge is -2.21. The van der Waals surface area contributed by atoms with E-state index < -0.39 is 11.6 Å². The van der Waals surface area contributed by atoms with Gasteiger partial charge in [-0.25, -0.2) is 19.2 Å². The monoisotopic (exact) mass is 396 g/mol. The number of aliphatic carboxylic acids is 1. The third-order valence-corrected chi connectivity index (χ3v) is 4.22. The van der Waals surface area contributed by atoms with Crippen LogP contribution >= 0.6 is 0 Å². The molecule has 150 valence electrons. The molecule has 0 aliphatic heterocycles. The van der Waals surface area contributed by atoms with Crippen molar-refractivity contribution in [3.8, 4) is 22.9 Å². The molecule has 0 spiro atoms. The van der Waals surface area contributed by atoms with Gasteiger partial charge in [-0.15, -0.1) is 0 Å². The number of rotatable bonds is 8. The van der Waals surface area contributed by atoms with Gasteiger partial charge in [0.15, 0.2) is 5.60 Å². The lowest BCUT2D eigenvalue weighted by atomic mass is 10.1. The predicted molar refractivity (Wildman–Crippen MR) is 105 cm³/mol. The second-order valence-electron chi connectivity index (χ2n) is 6.92. The van der Waals surface area contributed by atoms with Crippen LogP contribution in [0.4, 0.5) is 4.39 Å². The van der Waals surface area contributed by atoms with Gasteiger partial charge in [0.1, 0.15) is 11.6 Å². The van der Waals surface area contributed by atoms with Gasteiger partial charge in [0.25, 0.3) is 0 Å². The number of carboxylic acids is 1. The summed E-state index contributed by atoms with van der Waals surface area (Å²) >= 11 is 0. The fourth-order valence-electron chi connectivity index (χ4n) is 2.53. The van der Waals surface area contributed by atoms with E-state index in [1.165, 1.54) is 26.0 Å². The summed E-state index contributed by atoms with van der Waals surface area (Å²) in [6.07, 6.45) is 3.80. The van der Waals surface area contributed by atoms with Gasteiger partial charge < -0.3 is 14.6 Å². The number of carbonyl (C=O) groups is 1. The molecular formula is C22H21FN2O4. The summed E-state index contributed by atoms with van der Waals surface area (Å²) in [5.74, 6) is -0.859. The topological polar surface area (TPSA) is 81.5 Å². The van der Waals surface area contributed by atoms with E-state index in [-0.39, 0.29) is 11.8 Å².